The van der Waals surface area contributed by atoms with Crippen molar-refractivity contribution < 1.29 is 19.5 Å². The van der Waals surface area contributed by atoms with Crippen LogP contribution in [0.2, 0.25) is 0 Å². The number of pyridine rings is 1. The molecule has 0 radical (unpaired) electrons. The van der Waals surface area contributed by atoms with E-state index in [9.17, 15) is 19.5 Å². The van der Waals surface area contributed by atoms with Crippen molar-refractivity contribution in [3.8, 4) is 11.1 Å². The van der Waals surface area contributed by atoms with Crippen LogP contribution < -0.4 is 10.6 Å². The Morgan fingerprint density at radius 3 is 2.03 bits per heavy atom. The maximum Gasteiger partial charge on any atom is 0.335 e. The number of aryl methyl sites for hydroxylation is 1. The Bertz CT molecular complexity index is 1330. The number of nitrogens with zero attached hydrogens (tertiary/aromatic N) is 1. The number of carbonyl (C=O) groups excluding carboxylic acids is 2. The number of amides is 2. The highest BCUT2D eigenvalue weighted by Crippen LogP contribution is 2.28. The molecule has 0 aliphatic heterocycles. The molecule has 0 fully saturated rings. The number of carbonyl (C=O) groups is 3. The molecule has 0 bridgehead atoms. The molecule has 7 heteroatoms. The van der Waals surface area contributed by atoms with Crippen LogP contribution in [0.1, 0.15) is 83.9 Å². The number of rotatable bonds is 6. The van der Waals surface area contributed by atoms with E-state index in [1.165, 1.54) is 6.07 Å². The minimum Gasteiger partial charge on any atom is -0.478 e. The van der Waals surface area contributed by atoms with Crippen molar-refractivity contribution in [1.29, 1.82) is 0 Å². The van der Waals surface area contributed by atoms with Gasteiger partial charge in [0.25, 0.3) is 11.8 Å². The van der Waals surface area contributed by atoms with E-state index in [-0.39, 0.29) is 27.9 Å². The van der Waals surface area contributed by atoms with Gasteiger partial charge in [0.05, 0.1) is 17.4 Å². The van der Waals surface area contributed by atoms with Gasteiger partial charge in [-0.2, -0.15) is 0 Å². The molecule has 1 aromatic heterocycles. The number of aromatic nitrogens is 1. The molecule has 0 aliphatic carbocycles. The van der Waals surface area contributed by atoms with Crippen LogP contribution in [0.3, 0.4) is 0 Å². The SMILES string of the molecule is Cc1ncc(NC(=O)c2cc(C(=O)O)cc(C(C)(C)C)c2)cc1-c1ccc(C(=O)NCC(C)(C)C)cc1. The molecule has 7 nitrogen and oxygen atoms in total. The molecule has 0 aliphatic rings. The van der Waals surface area contributed by atoms with Crippen molar-refractivity contribution in [3.05, 3.63) is 82.7 Å². The molecule has 0 atom stereocenters. The van der Waals surface area contributed by atoms with E-state index in [1.54, 1.807) is 30.5 Å². The van der Waals surface area contributed by atoms with Gasteiger partial charge < -0.3 is 15.7 Å². The van der Waals surface area contributed by atoms with Crippen molar-refractivity contribution in [1.82, 2.24) is 10.3 Å². The lowest BCUT2D eigenvalue weighted by Gasteiger charge is -2.20. The summed E-state index contributed by atoms with van der Waals surface area (Å²) in [6.07, 6.45) is 1.57. The maximum absolute atomic E-state index is 13.1. The lowest BCUT2D eigenvalue weighted by Crippen LogP contribution is -2.32. The molecule has 0 saturated carbocycles. The van der Waals surface area contributed by atoms with E-state index in [4.69, 9.17) is 0 Å². The zero-order valence-electron chi connectivity index (χ0n) is 22.5. The summed E-state index contributed by atoms with van der Waals surface area (Å²) in [5.41, 5.74) is 4.24. The minimum absolute atomic E-state index is 0.00743. The summed E-state index contributed by atoms with van der Waals surface area (Å²) in [7, 11) is 0. The number of benzene rings is 2. The molecule has 2 amide bonds. The fourth-order valence-corrected chi connectivity index (χ4v) is 3.66. The summed E-state index contributed by atoms with van der Waals surface area (Å²) in [5.74, 6) is -1.64. The lowest BCUT2D eigenvalue weighted by atomic mass is 9.85. The van der Waals surface area contributed by atoms with E-state index < -0.39 is 11.9 Å². The second kappa shape index (κ2) is 10.5. The van der Waals surface area contributed by atoms with Gasteiger partial charge in [-0.25, -0.2) is 4.79 Å². The molecule has 3 rings (SSSR count). The number of carboxylic acids is 1. The highest BCUT2D eigenvalue weighted by molar-refractivity contribution is 6.06. The number of hydrogen-bond donors (Lipinski definition) is 3. The monoisotopic (exact) mass is 501 g/mol. The van der Waals surface area contributed by atoms with Gasteiger partial charge in [0.15, 0.2) is 0 Å². The Kier molecular flexibility index (Phi) is 7.86. The Morgan fingerprint density at radius 1 is 0.838 bits per heavy atom. The third-order valence-corrected chi connectivity index (χ3v) is 5.89. The normalized spacial score (nSPS) is 11.6. The summed E-state index contributed by atoms with van der Waals surface area (Å²) >= 11 is 0. The summed E-state index contributed by atoms with van der Waals surface area (Å²) in [4.78, 5) is 41.6. The van der Waals surface area contributed by atoms with Gasteiger partial charge in [-0.15, -0.1) is 0 Å². The van der Waals surface area contributed by atoms with Gasteiger partial charge in [0.1, 0.15) is 0 Å². The molecular weight excluding hydrogens is 466 g/mol. The predicted molar refractivity (Wildman–Crippen MR) is 146 cm³/mol. The quantitative estimate of drug-likeness (QED) is 0.379. The smallest absolute Gasteiger partial charge is 0.335 e. The largest absolute Gasteiger partial charge is 0.478 e. The van der Waals surface area contributed by atoms with Crippen LogP contribution in [0.5, 0.6) is 0 Å². The van der Waals surface area contributed by atoms with Crippen LogP contribution in [0.4, 0.5) is 5.69 Å². The maximum atomic E-state index is 13.1. The average molecular weight is 502 g/mol. The molecule has 194 valence electrons. The Hall–Kier alpha value is -4.00. The van der Waals surface area contributed by atoms with Crippen LogP contribution in [0.15, 0.2) is 54.7 Å². The van der Waals surface area contributed by atoms with E-state index in [0.29, 0.717) is 17.8 Å². The average Bonchev–Trinajstić information content (AvgIpc) is 2.82. The summed E-state index contributed by atoms with van der Waals surface area (Å²) in [6.45, 7) is 14.5. The van der Waals surface area contributed by atoms with E-state index >= 15 is 0 Å². The highest BCUT2D eigenvalue weighted by Gasteiger charge is 2.20. The van der Waals surface area contributed by atoms with Gasteiger partial charge in [-0.1, -0.05) is 53.7 Å². The first-order chi connectivity index (χ1) is 17.1. The van der Waals surface area contributed by atoms with Crippen molar-refractivity contribution in [2.75, 3.05) is 11.9 Å². The molecule has 37 heavy (non-hydrogen) atoms. The Balaban J connectivity index is 1.84. The first-order valence-corrected chi connectivity index (χ1v) is 12.2. The topological polar surface area (TPSA) is 108 Å². The lowest BCUT2D eigenvalue weighted by molar-refractivity contribution is 0.0696. The van der Waals surface area contributed by atoms with E-state index in [2.05, 4.69) is 36.4 Å². The molecule has 0 saturated heterocycles. The first-order valence-electron chi connectivity index (χ1n) is 12.2. The van der Waals surface area contributed by atoms with Crippen LogP contribution in [0.25, 0.3) is 11.1 Å². The predicted octanol–water partition coefficient (Wildman–Crippen LogP) is 6.08. The fraction of sp³-hybridized carbons (Fsp3) is 0.333. The van der Waals surface area contributed by atoms with E-state index in [0.717, 1.165) is 22.4 Å². The van der Waals surface area contributed by atoms with Crippen molar-refractivity contribution >= 4 is 23.5 Å². The van der Waals surface area contributed by atoms with Crippen LogP contribution in [0, 0.1) is 12.3 Å². The number of anilines is 1. The van der Waals surface area contributed by atoms with Crippen molar-refractivity contribution in [2.24, 2.45) is 5.41 Å². The fourth-order valence-electron chi connectivity index (χ4n) is 3.66. The molecule has 0 spiro atoms. The van der Waals surface area contributed by atoms with Crippen molar-refractivity contribution in [3.63, 3.8) is 0 Å². The van der Waals surface area contributed by atoms with Gasteiger partial charge in [0, 0.05) is 28.9 Å². The summed E-state index contributed by atoms with van der Waals surface area (Å²) < 4.78 is 0. The molecule has 3 aromatic rings. The van der Waals surface area contributed by atoms with Gasteiger partial charge in [0.2, 0.25) is 0 Å². The molecule has 0 unspecified atom stereocenters. The summed E-state index contributed by atoms with van der Waals surface area (Å²) in [6, 6.07) is 13.7. The zero-order valence-corrected chi connectivity index (χ0v) is 22.5. The third kappa shape index (κ3) is 7.26. The number of hydrogen-bond acceptors (Lipinski definition) is 4. The van der Waals surface area contributed by atoms with Gasteiger partial charge in [-0.05, 0) is 65.3 Å². The third-order valence-electron chi connectivity index (χ3n) is 5.89. The molecular formula is C30H35N3O4. The van der Waals surface area contributed by atoms with Gasteiger partial charge >= 0.3 is 5.97 Å². The van der Waals surface area contributed by atoms with Gasteiger partial charge in [-0.3, -0.25) is 14.6 Å². The van der Waals surface area contributed by atoms with Crippen LogP contribution >= 0.6 is 0 Å². The minimum atomic E-state index is -1.09. The highest BCUT2D eigenvalue weighted by atomic mass is 16.4. The molecule has 2 aromatic carbocycles. The van der Waals surface area contributed by atoms with Crippen LogP contribution in [-0.2, 0) is 5.41 Å². The second-order valence-corrected chi connectivity index (χ2v) is 11.5. The standard InChI is InChI=1S/C30H35N3O4/c1-18-25(19-8-10-20(11-9-19)26(34)32-17-29(2,3)4)15-24(16-31-18)33-27(35)21-12-22(28(36)37)14-23(13-21)30(5,6)7/h8-16H,17H2,1-7H3,(H,32,34)(H,33,35)(H,36,37). The summed E-state index contributed by atoms with van der Waals surface area (Å²) in [5, 5.41) is 15.3. The second-order valence-electron chi connectivity index (χ2n) is 11.5. The first kappa shape index (κ1) is 27.6. The molecule has 1 heterocycles. The number of carboxylic acid groups (broad SMARTS) is 1. The Morgan fingerprint density at radius 2 is 1.46 bits per heavy atom. The zero-order chi connectivity index (χ0) is 27.5. The number of nitrogens with one attached hydrogen (secondary N) is 2. The van der Waals surface area contributed by atoms with Crippen molar-refractivity contribution in [2.45, 2.75) is 53.9 Å². The van der Waals surface area contributed by atoms with E-state index in [1.807, 2.05) is 45.9 Å². The van der Waals surface area contributed by atoms with Crippen LogP contribution in [-0.4, -0.2) is 34.4 Å². The molecule has 3 N–H and O–H groups in total. The number of aromatic carboxylic acids is 1. The Labute approximate surface area is 218 Å².